The number of hydrogen-bond donors (Lipinski definition) is 8. The van der Waals surface area contributed by atoms with Crippen LogP contribution >= 0.6 is 0 Å². The maximum atomic E-state index is 14.4. The van der Waals surface area contributed by atoms with Crippen molar-refractivity contribution in [1.29, 1.82) is 0 Å². The van der Waals surface area contributed by atoms with Gasteiger partial charge in [-0.3, -0.25) is 24.0 Å². The average molecular weight is 747 g/mol. The number of unbranched alkanes of at least 4 members (excludes halogenated alkanes) is 1. The summed E-state index contributed by atoms with van der Waals surface area (Å²) in [5.74, 6) is -3.10. The molecule has 5 atom stereocenters. The van der Waals surface area contributed by atoms with Crippen LogP contribution < -0.4 is 38.5 Å². The van der Waals surface area contributed by atoms with Crippen molar-refractivity contribution < 1.29 is 24.0 Å². The van der Waals surface area contributed by atoms with Crippen LogP contribution in [0.25, 0.3) is 21.7 Å². The number of primary amides is 1. The molecule has 1 heterocycles. The summed E-state index contributed by atoms with van der Waals surface area (Å²) in [7, 11) is 0. The third kappa shape index (κ3) is 11.2. The van der Waals surface area contributed by atoms with E-state index < -0.39 is 59.7 Å². The van der Waals surface area contributed by atoms with Gasteiger partial charge < -0.3 is 43.5 Å². The largest absolute Gasteiger partial charge is 0.368 e. The smallest absolute Gasteiger partial charge is 0.243 e. The molecule has 0 fully saturated rings. The molecular formula is C42H50N8O5. The first-order chi connectivity index (χ1) is 26.5. The number of H-pyrrole nitrogens is 1. The van der Waals surface area contributed by atoms with Gasteiger partial charge in [-0.25, -0.2) is 0 Å². The van der Waals surface area contributed by atoms with Crippen molar-refractivity contribution in [2.45, 2.75) is 75.7 Å². The van der Waals surface area contributed by atoms with Crippen LogP contribution in [-0.2, 0) is 43.2 Å². The maximum Gasteiger partial charge on any atom is 0.243 e. The number of nitrogens with two attached hydrogens (primary N) is 3. The Morgan fingerprint density at radius 3 is 1.84 bits per heavy atom. The summed E-state index contributed by atoms with van der Waals surface area (Å²) in [4.78, 5) is 70.9. The molecule has 0 radical (unpaired) electrons. The van der Waals surface area contributed by atoms with Gasteiger partial charge in [0.15, 0.2) is 0 Å². The first-order valence-electron chi connectivity index (χ1n) is 18.6. The molecule has 0 unspecified atom stereocenters. The number of aromatic nitrogens is 1. The van der Waals surface area contributed by atoms with E-state index in [9.17, 15) is 24.0 Å². The Morgan fingerprint density at radius 1 is 0.618 bits per heavy atom. The fourth-order valence-electron chi connectivity index (χ4n) is 6.50. The van der Waals surface area contributed by atoms with Crippen molar-refractivity contribution in [2.75, 3.05) is 6.54 Å². The number of fused-ring (bicyclic) bond motifs is 2. The summed E-state index contributed by atoms with van der Waals surface area (Å²) in [6, 6.07) is 25.0. The second-order valence-corrected chi connectivity index (χ2v) is 13.9. The second kappa shape index (κ2) is 19.3. The molecule has 13 nitrogen and oxygen atoms in total. The van der Waals surface area contributed by atoms with Gasteiger partial charge in [0, 0.05) is 36.4 Å². The molecule has 0 saturated carbocycles. The lowest BCUT2D eigenvalue weighted by molar-refractivity contribution is -0.134. The van der Waals surface area contributed by atoms with Crippen molar-refractivity contribution in [2.24, 2.45) is 17.2 Å². The Labute approximate surface area is 320 Å². The minimum atomic E-state index is -1.19. The first kappa shape index (κ1) is 40.1. The van der Waals surface area contributed by atoms with Crippen molar-refractivity contribution in [3.8, 4) is 0 Å². The molecule has 1 aromatic heterocycles. The van der Waals surface area contributed by atoms with Crippen LogP contribution in [0.5, 0.6) is 0 Å². The van der Waals surface area contributed by atoms with Gasteiger partial charge in [-0.1, -0.05) is 91.0 Å². The number of carbonyl (C=O) groups excluding carboxylic acids is 5. The molecule has 0 saturated heterocycles. The Hall–Kier alpha value is -6.05. The standard InChI is InChI=1S/C42H50N8O5/c1-26(44)39(52)48-36(23-28-18-19-29-13-5-6-14-30(29)21-28)41(54)50-37(24-31-25-46-33-16-8-7-15-32(31)33)42(55)49-35(22-27-11-3-2-4-12-27)40(53)47-34(38(45)51)17-9-10-20-43/h2-8,11-16,18-19,21,25-26,34-37,46H,9-10,17,20,22-24,43-44H2,1H3,(H2,45,51)(H,47,53)(H,48,52)(H,49,55)(H,50,54)/t26-,34-,35+,36+,37+/m0/s1. The van der Waals surface area contributed by atoms with Crippen molar-refractivity contribution in [1.82, 2.24) is 26.3 Å². The zero-order valence-corrected chi connectivity index (χ0v) is 30.9. The minimum Gasteiger partial charge on any atom is -0.368 e. The van der Waals surface area contributed by atoms with Gasteiger partial charge in [-0.15, -0.1) is 0 Å². The summed E-state index contributed by atoms with van der Waals surface area (Å²) in [6.45, 7) is 1.94. The number of benzene rings is 4. The Morgan fingerprint density at radius 2 is 1.18 bits per heavy atom. The van der Waals surface area contributed by atoms with E-state index in [-0.39, 0.29) is 25.7 Å². The van der Waals surface area contributed by atoms with Gasteiger partial charge in [0.25, 0.3) is 0 Å². The molecule has 13 heteroatoms. The molecule has 11 N–H and O–H groups in total. The SMILES string of the molecule is C[C@H](N)C(=O)N[C@H](Cc1ccc2ccccc2c1)C(=O)N[C@H](Cc1c[nH]c2ccccc12)C(=O)N[C@H](Cc1ccccc1)C(=O)N[C@@H](CCCCN)C(N)=O. The highest BCUT2D eigenvalue weighted by atomic mass is 16.2. The molecule has 0 aliphatic carbocycles. The van der Waals surface area contributed by atoms with E-state index in [1.807, 2.05) is 97.1 Å². The molecule has 5 rings (SSSR count). The highest BCUT2D eigenvalue weighted by molar-refractivity contribution is 5.96. The molecule has 4 aromatic carbocycles. The zero-order valence-electron chi connectivity index (χ0n) is 30.9. The minimum absolute atomic E-state index is 0.0498. The molecule has 5 aromatic rings. The maximum absolute atomic E-state index is 14.4. The third-order valence-corrected chi connectivity index (χ3v) is 9.55. The number of aromatic amines is 1. The lowest BCUT2D eigenvalue weighted by atomic mass is 9.99. The summed E-state index contributed by atoms with van der Waals surface area (Å²) >= 11 is 0. The van der Waals surface area contributed by atoms with Gasteiger partial charge in [-0.2, -0.15) is 0 Å². The van der Waals surface area contributed by atoms with Gasteiger partial charge in [-0.05, 0) is 66.3 Å². The number of nitrogens with one attached hydrogen (secondary N) is 5. The van der Waals surface area contributed by atoms with Crippen LogP contribution in [0.1, 0.15) is 42.9 Å². The van der Waals surface area contributed by atoms with E-state index in [2.05, 4.69) is 26.3 Å². The van der Waals surface area contributed by atoms with Crippen LogP contribution in [-0.4, -0.2) is 71.3 Å². The predicted octanol–water partition coefficient (Wildman–Crippen LogP) is 2.25. The summed E-state index contributed by atoms with van der Waals surface area (Å²) in [5, 5.41) is 14.1. The zero-order chi connectivity index (χ0) is 39.3. The van der Waals surface area contributed by atoms with E-state index in [1.165, 1.54) is 6.92 Å². The summed E-state index contributed by atoms with van der Waals surface area (Å²) < 4.78 is 0. The number of rotatable bonds is 19. The van der Waals surface area contributed by atoms with Crippen LogP contribution in [0.3, 0.4) is 0 Å². The number of para-hydroxylation sites is 1. The molecule has 288 valence electrons. The molecule has 0 aliphatic rings. The van der Waals surface area contributed by atoms with E-state index >= 15 is 0 Å². The Kier molecular flexibility index (Phi) is 14.1. The monoisotopic (exact) mass is 746 g/mol. The summed E-state index contributed by atoms with van der Waals surface area (Å²) in [5.41, 5.74) is 20.3. The number of hydrogen-bond acceptors (Lipinski definition) is 7. The third-order valence-electron chi connectivity index (χ3n) is 9.55. The Bertz CT molecular complexity index is 2100. The van der Waals surface area contributed by atoms with Crippen molar-refractivity contribution in [3.05, 3.63) is 120 Å². The second-order valence-electron chi connectivity index (χ2n) is 13.9. The fourth-order valence-corrected chi connectivity index (χ4v) is 6.50. The normalized spacial score (nSPS) is 13.9. The van der Waals surface area contributed by atoms with E-state index in [1.54, 1.807) is 6.20 Å². The molecule has 0 bridgehead atoms. The van der Waals surface area contributed by atoms with Gasteiger partial charge in [0.1, 0.15) is 24.2 Å². The number of carbonyl (C=O) groups is 5. The van der Waals surface area contributed by atoms with Crippen LogP contribution in [0.2, 0.25) is 0 Å². The average Bonchev–Trinajstić information content (AvgIpc) is 3.59. The van der Waals surface area contributed by atoms with Crippen molar-refractivity contribution >= 4 is 51.2 Å². The molecule has 0 aliphatic heterocycles. The van der Waals surface area contributed by atoms with Crippen LogP contribution in [0.4, 0.5) is 0 Å². The van der Waals surface area contributed by atoms with E-state index in [0.29, 0.717) is 19.4 Å². The quantitative estimate of drug-likeness (QED) is 0.0588. The topological polar surface area (TPSA) is 227 Å². The van der Waals surface area contributed by atoms with Crippen LogP contribution in [0, 0.1) is 0 Å². The van der Waals surface area contributed by atoms with E-state index in [4.69, 9.17) is 17.2 Å². The van der Waals surface area contributed by atoms with Gasteiger partial charge >= 0.3 is 0 Å². The van der Waals surface area contributed by atoms with Gasteiger partial charge in [0.05, 0.1) is 6.04 Å². The van der Waals surface area contributed by atoms with Gasteiger partial charge in [0.2, 0.25) is 29.5 Å². The summed E-state index contributed by atoms with van der Waals surface area (Å²) in [6.07, 6.45) is 3.53. The van der Waals surface area contributed by atoms with Crippen LogP contribution in [0.15, 0.2) is 103 Å². The Balaban J connectivity index is 1.44. The fraction of sp³-hybridized carbons (Fsp3) is 0.310. The lowest BCUT2D eigenvalue weighted by Gasteiger charge is -2.27. The number of amides is 5. The van der Waals surface area contributed by atoms with Crippen molar-refractivity contribution in [3.63, 3.8) is 0 Å². The highest BCUT2D eigenvalue weighted by Crippen LogP contribution is 2.20. The lowest BCUT2D eigenvalue weighted by Crippen LogP contribution is -2.59. The molecular weight excluding hydrogens is 697 g/mol. The molecule has 55 heavy (non-hydrogen) atoms. The van der Waals surface area contributed by atoms with E-state index in [0.717, 1.165) is 38.4 Å². The molecule has 5 amide bonds. The highest BCUT2D eigenvalue weighted by Gasteiger charge is 2.32. The first-order valence-corrected chi connectivity index (χ1v) is 18.6. The molecule has 0 spiro atoms. The predicted molar refractivity (Wildman–Crippen MR) is 213 cm³/mol.